The number of amides is 1. The van der Waals surface area contributed by atoms with E-state index in [1.807, 2.05) is 6.92 Å². The number of hydrogen-bond donors (Lipinski definition) is 1. The second-order valence-corrected chi connectivity index (χ2v) is 11.2. The molecule has 7 nitrogen and oxygen atoms in total. The van der Waals surface area contributed by atoms with Gasteiger partial charge in [-0.2, -0.15) is 4.31 Å². The van der Waals surface area contributed by atoms with Gasteiger partial charge in [0.05, 0.1) is 9.79 Å². The van der Waals surface area contributed by atoms with E-state index in [0.29, 0.717) is 18.5 Å². The number of benzene rings is 2. The number of rotatable bonds is 5. The summed E-state index contributed by atoms with van der Waals surface area (Å²) < 4.78 is 49.9. The largest absolute Gasteiger partial charge is 0.326 e. The summed E-state index contributed by atoms with van der Waals surface area (Å²) in [6.45, 7) is 2.46. The highest BCUT2D eigenvalue weighted by atomic mass is 32.2. The molecule has 0 saturated carbocycles. The molecule has 2 aromatic carbocycles. The Morgan fingerprint density at radius 1 is 0.897 bits per heavy atom. The summed E-state index contributed by atoms with van der Waals surface area (Å²) in [6, 6.07) is 12.7. The number of anilines is 1. The van der Waals surface area contributed by atoms with E-state index in [-0.39, 0.29) is 34.7 Å². The third-order valence-corrected chi connectivity index (χ3v) is 8.07. The Bertz CT molecular complexity index is 1080. The molecule has 1 saturated heterocycles. The molecule has 1 aliphatic heterocycles. The number of aryl methyl sites for hydroxylation is 1. The first-order chi connectivity index (χ1) is 13.6. The van der Waals surface area contributed by atoms with Crippen LogP contribution in [0.25, 0.3) is 0 Å². The minimum Gasteiger partial charge on any atom is -0.326 e. The quantitative estimate of drug-likeness (QED) is 0.776. The van der Waals surface area contributed by atoms with Gasteiger partial charge >= 0.3 is 0 Å². The van der Waals surface area contributed by atoms with Crippen LogP contribution in [-0.2, 0) is 24.7 Å². The van der Waals surface area contributed by atoms with Gasteiger partial charge in [0.2, 0.25) is 15.9 Å². The molecule has 0 aromatic heterocycles. The van der Waals surface area contributed by atoms with Crippen molar-refractivity contribution in [3.05, 3.63) is 54.1 Å². The van der Waals surface area contributed by atoms with Gasteiger partial charge in [-0.1, -0.05) is 17.7 Å². The maximum absolute atomic E-state index is 12.8. The van der Waals surface area contributed by atoms with Crippen molar-refractivity contribution < 1.29 is 21.6 Å². The van der Waals surface area contributed by atoms with Crippen molar-refractivity contribution >= 4 is 31.5 Å². The Morgan fingerprint density at radius 2 is 1.41 bits per heavy atom. The lowest BCUT2D eigenvalue weighted by Crippen LogP contribution is -2.41. The van der Waals surface area contributed by atoms with Crippen molar-refractivity contribution in [2.75, 3.05) is 24.7 Å². The maximum atomic E-state index is 12.8. The van der Waals surface area contributed by atoms with Gasteiger partial charge in [0.25, 0.3) is 0 Å². The fourth-order valence-corrected chi connectivity index (χ4v) is 5.35. The third kappa shape index (κ3) is 5.04. The van der Waals surface area contributed by atoms with Gasteiger partial charge in [-0.15, -0.1) is 0 Å². The highest BCUT2D eigenvalue weighted by Crippen LogP contribution is 2.25. The van der Waals surface area contributed by atoms with E-state index in [9.17, 15) is 21.6 Å². The molecule has 2 aromatic rings. The summed E-state index contributed by atoms with van der Waals surface area (Å²) in [6.07, 6.45) is 1.98. The molecule has 0 atom stereocenters. The molecule has 0 spiro atoms. The zero-order valence-electron chi connectivity index (χ0n) is 16.3. The van der Waals surface area contributed by atoms with Gasteiger partial charge in [0, 0.05) is 31.0 Å². The van der Waals surface area contributed by atoms with Crippen LogP contribution < -0.4 is 5.32 Å². The highest BCUT2D eigenvalue weighted by Gasteiger charge is 2.32. The molecule has 1 fully saturated rings. The third-order valence-electron chi connectivity index (χ3n) is 5.03. The first kappa shape index (κ1) is 21.5. The standard InChI is InChI=1S/C20H24N2O5S2/c1-15-3-7-19(8-4-15)29(26,27)22-13-11-16(12-14-22)20(23)21-17-5-9-18(10-6-17)28(2,24)25/h3-10,16H,11-14H2,1-2H3,(H,21,23). The Labute approximate surface area is 171 Å². The smallest absolute Gasteiger partial charge is 0.243 e. The fourth-order valence-electron chi connectivity index (χ4n) is 3.25. The molecule has 29 heavy (non-hydrogen) atoms. The average Bonchev–Trinajstić information content (AvgIpc) is 2.68. The molecular weight excluding hydrogens is 412 g/mol. The number of sulfone groups is 1. The molecule has 1 amide bonds. The summed E-state index contributed by atoms with van der Waals surface area (Å²) >= 11 is 0. The lowest BCUT2D eigenvalue weighted by atomic mass is 9.97. The Kier molecular flexibility index (Phi) is 6.11. The Morgan fingerprint density at radius 3 is 1.93 bits per heavy atom. The fraction of sp³-hybridized carbons (Fsp3) is 0.350. The van der Waals surface area contributed by atoms with Crippen LogP contribution in [0.15, 0.2) is 58.3 Å². The van der Waals surface area contributed by atoms with Crippen LogP contribution in [0.5, 0.6) is 0 Å². The van der Waals surface area contributed by atoms with Crippen LogP contribution in [-0.4, -0.2) is 46.4 Å². The molecule has 0 radical (unpaired) electrons. The van der Waals surface area contributed by atoms with Crippen LogP contribution in [0.2, 0.25) is 0 Å². The molecule has 1 N–H and O–H groups in total. The molecule has 3 rings (SSSR count). The normalized spacial score (nSPS) is 16.5. The average molecular weight is 437 g/mol. The lowest BCUT2D eigenvalue weighted by Gasteiger charge is -2.30. The summed E-state index contributed by atoms with van der Waals surface area (Å²) in [5.41, 5.74) is 1.50. The zero-order valence-corrected chi connectivity index (χ0v) is 18.0. The van der Waals surface area contributed by atoms with Crippen molar-refractivity contribution in [1.82, 2.24) is 4.31 Å². The molecular formula is C20H24N2O5S2. The number of nitrogens with zero attached hydrogens (tertiary/aromatic N) is 1. The maximum Gasteiger partial charge on any atom is 0.243 e. The van der Waals surface area contributed by atoms with Crippen LogP contribution in [0.3, 0.4) is 0 Å². The van der Waals surface area contributed by atoms with Crippen molar-refractivity contribution in [1.29, 1.82) is 0 Å². The predicted octanol–water partition coefficient (Wildman–Crippen LogP) is 2.44. The number of piperidine rings is 1. The first-order valence-corrected chi connectivity index (χ1v) is 12.6. The molecule has 1 heterocycles. The monoisotopic (exact) mass is 436 g/mol. The number of carbonyl (C=O) groups is 1. The molecule has 1 aliphatic rings. The zero-order chi connectivity index (χ0) is 21.2. The van der Waals surface area contributed by atoms with E-state index in [1.54, 1.807) is 36.4 Å². The number of hydrogen-bond acceptors (Lipinski definition) is 5. The van der Waals surface area contributed by atoms with Gasteiger partial charge < -0.3 is 5.32 Å². The summed E-state index contributed by atoms with van der Waals surface area (Å²) in [5.74, 6) is -0.487. The molecule has 156 valence electrons. The highest BCUT2D eigenvalue weighted by molar-refractivity contribution is 7.90. The van der Waals surface area contributed by atoms with Gasteiger partial charge in [0.1, 0.15) is 0 Å². The van der Waals surface area contributed by atoms with Crippen LogP contribution in [0.1, 0.15) is 18.4 Å². The topological polar surface area (TPSA) is 101 Å². The van der Waals surface area contributed by atoms with E-state index in [1.165, 1.54) is 16.4 Å². The van der Waals surface area contributed by atoms with Crippen molar-refractivity contribution in [2.45, 2.75) is 29.6 Å². The van der Waals surface area contributed by atoms with E-state index < -0.39 is 19.9 Å². The van der Waals surface area contributed by atoms with Crippen LogP contribution >= 0.6 is 0 Å². The minimum absolute atomic E-state index is 0.185. The van der Waals surface area contributed by atoms with E-state index in [0.717, 1.165) is 11.8 Å². The van der Waals surface area contributed by atoms with Gasteiger partial charge in [-0.25, -0.2) is 16.8 Å². The Balaban J connectivity index is 1.60. The van der Waals surface area contributed by atoms with Crippen molar-refractivity contribution in [3.8, 4) is 0 Å². The van der Waals surface area contributed by atoms with Crippen LogP contribution in [0.4, 0.5) is 5.69 Å². The first-order valence-electron chi connectivity index (χ1n) is 9.25. The minimum atomic E-state index is -3.56. The number of sulfonamides is 1. The van der Waals surface area contributed by atoms with E-state index in [2.05, 4.69) is 5.32 Å². The van der Waals surface area contributed by atoms with Crippen molar-refractivity contribution in [3.63, 3.8) is 0 Å². The van der Waals surface area contributed by atoms with Crippen LogP contribution in [0, 0.1) is 12.8 Å². The molecule has 0 unspecified atom stereocenters. The number of carbonyl (C=O) groups excluding carboxylic acids is 1. The van der Waals surface area contributed by atoms with E-state index >= 15 is 0 Å². The second-order valence-electron chi connectivity index (χ2n) is 7.28. The SMILES string of the molecule is Cc1ccc(S(=O)(=O)N2CCC(C(=O)Nc3ccc(S(C)(=O)=O)cc3)CC2)cc1. The lowest BCUT2D eigenvalue weighted by molar-refractivity contribution is -0.120. The van der Waals surface area contributed by atoms with Gasteiger partial charge in [0.15, 0.2) is 9.84 Å². The van der Waals surface area contributed by atoms with E-state index in [4.69, 9.17) is 0 Å². The predicted molar refractivity (Wildman–Crippen MR) is 111 cm³/mol. The molecule has 0 aliphatic carbocycles. The summed E-state index contributed by atoms with van der Waals surface area (Å²) in [4.78, 5) is 13.0. The Hall–Kier alpha value is -2.23. The second kappa shape index (κ2) is 8.25. The summed E-state index contributed by atoms with van der Waals surface area (Å²) in [5, 5.41) is 2.78. The van der Waals surface area contributed by atoms with Gasteiger partial charge in [-0.3, -0.25) is 4.79 Å². The number of nitrogens with one attached hydrogen (secondary N) is 1. The molecule has 9 heteroatoms. The molecule has 0 bridgehead atoms. The summed E-state index contributed by atoms with van der Waals surface area (Å²) in [7, 11) is -6.85. The van der Waals surface area contributed by atoms with Crippen molar-refractivity contribution in [2.24, 2.45) is 5.92 Å². The van der Waals surface area contributed by atoms with Gasteiger partial charge in [-0.05, 0) is 56.2 Å².